The van der Waals surface area contributed by atoms with Crippen molar-refractivity contribution >= 4 is 17.6 Å². The summed E-state index contributed by atoms with van der Waals surface area (Å²) in [4.78, 5) is 11.2. The summed E-state index contributed by atoms with van der Waals surface area (Å²) in [6.45, 7) is 3.51. The minimum atomic E-state index is -0.943. The number of aliphatic hydroxyl groups is 1. The third-order valence-corrected chi connectivity index (χ3v) is 3.40. The molecule has 0 aliphatic heterocycles. The average Bonchev–Trinajstić information content (AvgIpc) is 2.28. The summed E-state index contributed by atoms with van der Waals surface area (Å²) in [5.74, 6) is -1.48. The molecule has 0 aliphatic carbocycles. The zero-order valence-corrected chi connectivity index (χ0v) is 11.4. The van der Waals surface area contributed by atoms with Crippen LogP contribution in [-0.2, 0) is 11.2 Å². The molecule has 2 N–H and O–H groups in total. The van der Waals surface area contributed by atoms with E-state index < -0.39 is 17.5 Å². The van der Waals surface area contributed by atoms with Crippen molar-refractivity contribution in [3.05, 3.63) is 34.9 Å². The molecular weight excluding hydrogens is 252 g/mol. The maximum Gasteiger partial charge on any atom is 0.306 e. The fraction of sp³-hybridized carbons (Fsp3) is 0.500. The Morgan fingerprint density at radius 1 is 1.50 bits per heavy atom. The minimum Gasteiger partial charge on any atom is -0.481 e. The van der Waals surface area contributed by atoms with E-state index in [2.05, 4.69) is 0 Å². The Morgan fingerprint density at radius 3 is 2.67 bits per heavy atom. The van der Waals surface area contributed by atoms with E-state index in [0.29, 0.717) is 17.9 Å². The van der Waals surface area contributed by atoms with E-state index in [4.69, 9.17) is 11.6 Å². The van der Waals surface area contributed by atoms with Crippen molar-refractivity contribution in [2.24, 2.45) is 5.92 Å². The van der Waals surface area contributed by atoms with Gasteiger partial charge in [-0.05, 0) is 43.9 Å². The lowest BCUT2D eigenvalue weighted by molar-refractivity contribution is -0.144. The fourth-order valence-corrected chi connectivity index (χ4v) is 2.08. The van der Waals surface area contributed by atoms with Crippen molar-refractivity contribution in [1.82, 2.24) is 0 Å². The Labute approximate surface area is 112 Å². The van der Waals surface area contributed by atoms with Crippen molar-refractivity contribution in [3.63, 3.8) is 0 Å². The molecule has 0 spiro atoms. The summed E-state index contributed by atoms with van der Waals surface area (Å²) < 4.78 is 0. The van der Waals surface area contributed by atoms with Crippen molar-refractivity contribution in [2.75, 3.05) is 0 Å². The van der Waals surface area contributed by atoms with Crippen LogP contribution in [0.4, 0.5) is 0 Å². The van der Waals surface area contributed by atoms with Crippen molar-refractivity contribution in [1.29, 1.82) is 0 Å². The molecule has 1 aromatic carbocycles. The highest BCUT2D eigenvalue weighted by Crippen LogP contribution is 2.24. The van der Waals surface area contributed by atoms with Crippen LogP contribution in [0.2, 0.25) is 5.02 Å². The van der Waals surface area contributed by atoms with Crippen LogP contribution in [0.3, 0.4) is 0 Å². The highest BCUT2D eigenvalue weighted by Gasteiger charge is 2.28. The zero-order valence-electron chi connectivity index (χ0n) is 10.7. The number of halogens is 1. The van der Waals surface area contributed by atoms with Gasteiger partial charge in [0, 0.05) is 5.02 Å². The van der Waals surface area contributed by atoms with Gasteiger partial charge in [-0.2, -0.15) is 0 Å². The number of aliphatic carboxylic acids is 1. The van der Waals surface area contributed by atoms with E-state index >= 15 is 0 Å². The van der Waals surface area contributed by atoms with Gasteiger partial charge < -0.3 is 10.2 Å². The molecule has 0 saturated heterocycles. The summed E-state index contributed by atoms with van der Waals surface area (Å²) in [6, 6.07) is 7.16. The summed E-state index contributed by atoms with van der Waals surface area (Å²) in [7, 11) is 0. The second-order valence-corrected chi connectivity index (χ2v) is 5.36. The van der Waals surface area contributed by atoms with E-state index in [1.54, 1.807) is 25.1 Å². The van der Waals surface area contributed by atoms with Crippen LogP contribution in [0, 0.1) is 5.92 Å². The van der Waals surface area contributed by atoms with Crippen LogP contribution >= 0.6 is 11.6 Å². The molecule has 18 heavy (non-hydrogen) atoms. The van der Waals surface area contributed by atoms with E-state index in [1.165, 1.54) is 0 Å². The van der Waals surface area contributed by atoms with Crippen molar-refractivity contribution in [3.8, 4) is 0 Å². The first kappa shape index (κ1) is 15.0. The SMILES string of the molecule is CCC(C)(O)CC(Cc1cccc(Cl)c1)C(=O)O. The van der Waals surface area contributed by atoms with Crippen LogP contribution < -0.4 is 0 Å². The van der Waals surface area contributed by atoms with Gasteiger partial charge in [0.25, 0.3) is 0 Å². The summed E-state index contributed by atoms with van der Waals surface area (Å²) in [5, 5.41) is 19.8. The molecule has 2 unspecified atom stereocenters. The average molecular weight is 271 g/mol. The monoisotopic (exact) mass is 270 g/mol. The van der Waals surface area contributed by atoms with Crippen molar-refractivity contribution < 1.29 is 15.0 Å². The van der Waals surface area contributed by atoms with Crippen LogP contribution in [-0.4, -0.2) is 21.8 Å². The predicted octanol–water partition coefficient (Wildman–Crippen LogP) is 3.13. The Balaban J connectivity index is 2.78. The first-order chi connectivity index (χ1) is 8.34. The number of hydrogen-bond donors (Lipinski definition) is 2. The van der Waals surface area contributed by atoms with Gasteiger partial charge in [-0.3, -0.25) is 4.79 Å². The first-order valence-corrected chi connectivity index (χ1v) is 6.41. The molecule has 0 bridgehead atoms. The predicted molar refractivity (Wildman–Crippen MR) is 71.8 cm³/mol. The van der Waals surface area contributed by atoms with Gasteiger partial charge in [0.1, 0.15) is 0 Å². The zero-order chi connectivity index (χ0) is 13.8. The molecule has 1 aromatic rings. The quantitative estimate of drug-likeness (QED) is 0.835. The van der Waals surface area contributed by atoms with Crippen LogP contribution in [0.1, 0.15) is 32.3 Å². The number of benzene rings is 1. The second kappa shape index (κ2) is 6.21. The summed E-state index contributed by atoms with van der Waals surface area (Å²) in [6.07, 6.45) is 1.16. The van der Waals surface area contributed by atoms with Gasteiger partial charge in [0.05, 0.1) is 11.5 Å². The lowest BCUT2D eigenvalue weighted by Crippen LogP contribution is -2.31. The first-order valence-electron chi connectivity index (χ1n) is 6.03. The molecule has 0 aliphatic rings. The number of hydrogen-bond acceptors (Lipinski definition) is 2. The van der Waals surface area contributed by atoms with Gasteiger partial charge in [0.2, 0.25) is 0 Å². The third-order valence-electron chi connectivity index (χ3n) is 3.17. The maximum atomic E-state index is 11.2. The summed E-state index contributed by atoms with van der Waals surface area (Å²) in [5.41, 5.74) is -0.0662. The molecule has 0 radical (unpaired) electrons. The number of carbonyl (C=O) groups is 1. The molecule has 4 heteroatoms. The molecule has 0 fully saturated rings. The lowest BCUT2D eigenvalue weighted by Gasteiger charge is -2.25. The summed E-state index contributed by atoms with van der Waals surface area (Å²) >= 11 is 5.87. The highest BCUT2D eigenvalue weighted by atomic mass is 35.5. The molecule has 100 valence electrons. The maximum absolute atomic E-state index is 11.2. The molecule has 1 rings (SSSR count). The highest BCUT2D eigenvalue weighted by molar-refractivity contribution is 6.30. The van der Waals surface area contributed by atoms with Gasteiger partial charge in [-0.25, -0.2) is 0 Å². The molecule has 0 heterocycles. The van der Waals surface area contributed by atoms with Gasteiger partial charge in [0.15, 0.2) is 0 Å². The number of rotatable bonds is 6. The van der Waals surface area contributed by atoms with E-state index in [0.717, 1.165) is 5.56 Å². The molecule has 3 nitrogen and oxygen atoms in total. The molecule has 0 amide bonds. The Hall–Kier alpha value is -1.06. The number of carboxylic acid groups (broad SMARTS) is 1. The smallest absolute Gasteiger partial charge is 0.306 e. The molecule has 0 saturated carbocycles. The van der Waals surface area contributed by atoms with E-state index in [9.17, 15) is 15.0 Å². The van der Waals surface area contributed by atoms with Gasteiger partial charge in [-0.15, -0.1) is 0 Å². The topological polar surface area (TPSA) is 57.5 Å². The second-order valence-electron chi connectivity index (χ2n) is 4.92. The fourth-order valence-electron chi connectivity index (χ4n) is 1.87. The minimum absolute atomic E-state index is 0.241. The Bertz CT molecular complexity index is 415. The molecule has 0 aromatic heterocycles. The van der Waals surface area contributed by atoms with Gasteiger partial charge >= 0.3 is 5.97 Å². The Morgan fingerprint density at radius 2 is 2.17 bits per heavy atom. The largest absolute Gasteiger partial charge is 0.481 e. The number of carboxylic acids is 1. The van der Waals surface area contributed by atoms with E-state index in [-0.39, 0.29) is 6.42 Å². The normalized spacial score (nSPS) is 16.0. The lowest BCUT2D eigenvalue weighted by atomic mass is 9.86. The van der Waals surface area contributed by atoms with Crippen LogP contribution in [0.5, 0.6) is 0 Å². The molecular formula is C14H19ClO3. The standard InChI is InChI=1S/C14H19ClO3/c1-3-14(2,18)9-11(13(16)17)7-10-5-4-6-12(15)8-10/h4-6,8,11,18H,3,7,9H2,1-2H3,(H,16,17). The van der Waals surface area contributed by atoms with E-state index in [1.807, 2.05) is 13.0 Å². The molecule has 2 atom stereocenters. The van der Waals surface area contributed by atoms with Crippen LogP contribution in [0.25, 0.3) is 0 Å². The van der Waals surface area contributed by atoms with Gasteiger partial charge in [-0.1, -0.05) is 30.7 Å². The third kappa shape index (κ3) is 4.67. The van der Waals surface area contributed by atoms with Crippen LogP contribution in [0.15, 0.2) is 24.3 Å². The van der Waals surface area contributed by atoms with Crippen molar-refractivity contribution in [2.45, 2.75) is 38.7 Å². The Kier molecular flexibility index (Phi) is 5.17.